The number of hydrogen-bond acceptors (Lipinski definition) is 4. The van der Waals surface area contributed by atoms with Gasteiger partial charge >= 0.3 is 0 Å². The molecule has 1 aliphatic rings. The van der Waals surface area contributed by atoms with Gasteiger partial charge in [-0.1, -0.05) is 85.3 Å². The lowest BCUT2D eigenvalue weighted by molar-refractivity contribution is -0.140. The second kappa shape index (κ2) is 14.6. The number of anilines is 1. The third kappa shape index (κ3) is 8.31. The first-order chi connectivity index (χ1) is 20.5. The molecule has 0 radical (unpaired) electrons. The molecule has 1 fully saturated rings. The summed E-state index contributed by atoms with van der Waals surface area (Å²) in [5.74, 6) is -0.737. The van der Waals surface area contributed by atoms with Crippen molar-refractivity contribution in [1.82, 2.24) is 10.2 Å². The van der Waals surface area contributed by atoms with Crippen molar-refractivity contribution in [1.29, 1.82) is 0 Å². The van der Waals surface area contributed by atoms with E-state index in [4.69, 9.17) is 23.2 Å². The normalized spacial score (nSPS) is 14.6. The molecule has 3 aromatic carbocycles. The maximum Gasteiger partial charge on any atom is 0.264 e. The van der Waals surface area contributed by atoms with E-state index in [2.05, 4.69) is 5.32 Å². The number of rotatable bonds is 11. The second-order valence-corrected chi connectivity index (χ2v) is 13.9. The molecule has 0 bridgehead atoms. The summed E-state index contributed by atoms with van der Waals surface area (Å²) in [5.41, 5.74) is 2.62. The van der Waals surface area contributed by atoms with Gasteiger partial charge < -0.3 is 10.2 Å². The number of carbonyl (C=O) groups excluding carboxylic acids is 2. The summed E-state index contributed by atoms with van der Waals surface area (Å²) in [7, 11) is -4.18. The van der Waals surface area contributed by atoms with Crippen molar-refractivity contribution in [3.8, 4) is 0 Å². The van der Waals surface area contributed by atoms with Crippen LogP contribution in [0.5, 0.6) is 0 Å². The Kier molecular flexibility index (Phi) is 11.2. The molecule has 7 nitrogen and oxygen atoms in total. The van der Waals surface area contributed by atoms with Crippen molar-refractivity contribution >= 4 is 50.7 Å². The highest BCUT2D eigenvalue weighted by molar-refractivity contribution is 7.92. The number of nitrogens with zero attached hydrogens (tertiary/aromatic N) is 2. The molecule has 230 valence electrons. The number of benzene rings is 3. The van der Waals surface area contributed by atoms with Crippen molar-refractivity contribution in [3.05, 3.63) is 93.5 Å². The Morgan fingerprint density at radius 2 is 1.53 bits per heavy atom. The van der Waals surface area contributed by atoms with Crippen LogP contribution in [0.3, 0.4) is 0 Å². The molecule has 1 atom stereocenters. The Labute approximate surface area is 265 Å². The molecule has 0 heterocycles. The van der Waals surface area contributed by atoms with E-state index in [1.54, 1.807) is 61.5 Å². The number of sulfonamides is 1. The average molecular weight is 645 g/mol. The summed E-state index contributed by atoms with van der Waals surface area (Å²) in [6, 6.07) is 17.8. The Morgan fingerprint density at radius 1 is 0.907 bits per heavy atom. The molecule has 0 saturated heterocycles. The number of amides is 2. The fourth-order valence-corrected chi connectivity index (χ4v) is 7.22. The summed E-state index contributed by atoms with van der Waals surface area (Å²) >= 11 is 12.4. The van der Waals surface area contributed by atoms with Crippen LogP contribution in [0.15, 0.2) is 71.6 Å². The molecule has 0 unspecified atom stereocenters. The van der Waals surface area contributed by atoms with Crippen molar-refractivity contribution in [2.24, 2.45) is 0 Å². The SMILES string of the molecule is CC[C@@H](C(=O)NC1CCCCC1)N(Cc1ccc(Cl)cc1)C(=O)CN(c1cc(Cl)ccc1C)S(=O)(=O)c1ccc(C)cc1. The van der Waals surface area contributed by atoms with E-state index in [0.29, 0.717) is 27.7 Å². The maximum atomic E-state index is 14.3. The largest absolute Gasteiger partial charge is 0.352 e. The van der Waals surface area contributed by atoms with Gasteiger partial charge in [0.2, 0.25) is 11.8 Å². The average Bonchev–Trinajstić information content (AvgIpc) is 2.98. The van der Waals surface area contributed by atoms with E-state index in [9.17, 15) is 18.0 Å². The first-order valence-corrected chi connectivity index (χ1v) is 16.9. The summed E-state index contributed by atoms with van der Waals surface area (Å²) in [6.07, 6.45) is 5.44. The molecule has 4 rings (SSSR count). The highest BCUT2D eigenvalue weighted by Crippen LogP contribution is 2.30. The Morgan fingerprint density at radius 3 is 2.16 bits per heavy atom. The van der Waals surface area contributed by atoms with Gasteiger partial charge in [-0.2, -0.15) is 0 Å². The Hall–Kier alpha value is -3.07. The number of halogens is 2. The van der Waals surface area contributed by atoms with Gasteiger partial charge in [0.05, 0.1) is 10.6 Å². The molecule has 2 amide bonds. The first-order valence-electron chi connectivity index (χ1n) is 14.7. The van der Waals surface area contributed by atoms with Gasteiger partial charge in [0, 0.05) is 22.6 Å². The van der Waals surface area contributed by atoms with Crippen LogP contribution in [-0.4, -0.2) is 43.8 Å². The third-order valence-electron chi connectivity index (χ3n) is 7.93. The van der Waals surface area contributed by atoms with Crippen LogP contribution in [0.4, 0.5) is 5.69 Å². The predicted octanol–water partition coefficient (Wildman–Crippen LogP) is 7.06. The minimum atomic E-state index is -4.18. The van der Waals surface area contributed by atoms with Crippen LogP contribution in [0.1, 0.15) is 62.1 Å². The molecule has 0 spiro atoms. The number of carbonyl (C=O) groups is 2. The molecule has 0 aromatic heterocycles. The van der Waals surface area contributed by atoms with Crippen LogP contribution in [0.25, 0.3) is 0 Å². The first kappa shape index (κ1) is 32.8. The fraction of sp³-hybridized carbons (Fsp3) is 0.394. The summed E-state index contributed by atoms with van der Waals surface area (Å²) in [6.45, 7) is 5.09. The van der Waals surface area contributed by atoms with Crippen LogP contribution in [0.2, 0.25) is 10.0 Å². The molecule has 1 aliphatic carbocycles. The van der Waals surface area contributed by atoms with Crippen LogP contribution in [0, 0.1) is 13.8 Å². The molecule has 0 aliphatic heterocycles. The van der Waals surface area contributed by atoms with Gasteiger partial charge in [-0.25, -0.2) is 8.42 Å². The lowest BCUT2D eigenvalue weighted by Gasteiger charge is -2.34. The van der Waals surface area contributed by atoms with Gasteiger partial charge in [0.15, 0.2) is 0 Å². The molecule has 3 aromatic rings. The number of hydrogen-bond donors (Lipinski definition) is 1. The van der Waals surface area contributed by atoms with E-state index in [0.717, 1.165) is 47.5 Å². The number of nitrogens with one attached hydrogen (secondary N) is 1. The molecular formula is C33H39Cl2N3O4S. The minimum Gasteiger partial charge on any atom is -0.352 e. The van der Waals surface area contributed by atoms with Gasteiger partial charge in [-0.05, 0) is 80.6 Å². The van der Waals surface area contributed by atoms with E-state index in [1.807, 2.05) is 13.8 Å². The van der Waals surface area contributed by atoms with Gasteiger partial charge in [-0.15, -0.1) is 0 Å². The zero-order valence-corrected chi connectivity index (χ0v) is 27.2. The molecule has 10 heteroatoms. The van der Waals surface area contributed by atoms with Crippen LogP contribution >= 0.6 is 23.2 Å². The summed E-state index contributed by atoms with van der Waals surface area (Å²) in [4.78, 5) is 29.5. The van der Waals surface area contributed by atoms with Crippen molar-refractivity contribution in [3.63, 3.8) is 0 Å². The molecule has 1 N–H and O–H groups in total. The standard InChI is InChI=1S/C33H39Cl2N3O4S/c1-4-30(33(40)36-28-8-6-5-7-9-28)37(21-25-13-16-26(34)17-14-25)32(39)22-38(31-20-27(35)15-12-24(31)3)43(41,42)29-18-10-23(2)11-19-29/h10-20,28,30H,4-9,21-22H2,1-3H3,(H,36,40)/t30-/m0/s1. The topological polar surface area (TPSA) is 86.8 Å². The number of aryl methyl sites for hydroxylation is 2. The fourth-order valence-electron chi connectivity index (χ4n) is 5.45. The highest BCUT2D eigenvalue weighted by atomic mass is 35.5. The van der Waals surface area contributed by atoms with Gasteiger partial charge in [0.1, 0.15) is 12.6 Å². The van der Waals surface area contributed by atoms with E-state index >= 15 is 0 Å². The van der Waals surface area contributed by atoms with Crippen LogP contribution in [-0.2, 0) is 26.2 Å². The Balaban J connectivity index is 1.73. The summed E-state index contributed by atoms with van der Waals surface area (Å²) in [5, 5.41) is 4.05. The van der Waals surface area contributed by atoms with Gasteiger partial charge in [0.25, 0.3) is 10.0 Å². The van der Waals surface area contributed by atoms with E-state index in [1.165, 1.54) is 17.0 Å². The van der Waals surface area contributed by atoms with Crippen LogP contribution < -0.4 is 9.62 Å². The maximum absolute atomic E-state index is 14.3. The minimum absolute atomic E-state index is 0.0524. The third-order valence-corrected chi connectivity index (χ3v) is 10.2. The van der Waals surface area contributed by atoms with E-state index < -0.39 is 28.5 Å². The second-order valence-electron chi connectivity index (χ2n) is 11.2. The highest BCUT2D eigenvalue weighted by Gasteiger charge is 2.35. The lowest BCUT2D eigenvalue weighted by atomic mass is 9.95. The predicted molar refractivity (Wildman–Crippen MR) is 173 cm³/mol. The molecule has 43 heavy (non-hydrogen) atoms. The quantitative estimate of drug-likeness (QED) is 0.242. The lowest BCUT2D eigenvalue weighted by Crippen LogP contribution is -2.54. The van der Waals surface area contributed by atoms with Crippen molar-refractivity contribution in [2.45, 2.75) is 82.8 Å². The monoisotopic (exact) mass is 643 g/mol. The zero-order valence-electron chi connectivity index (χ0n) is 24.9. The molecular weight excluding hydrogens is 605 g/mol. The zero-order chi connectivity index (χ0) is 31.1. The van der Waals surface area contributed by atoms with E-state index in [-0.39, 0.29) is 23.4 Å². The smallest absolute Gasteiger partial charge is 0.264 e. The van der Waals surface area contributed by atoms with Crippen molar-refractivity contribution in [2.75, 3.05) is 10.8 Å². The Bertz CT molecular complexity index is 1520. The van der Waals surface area contributed by atoms with Gasteiger partial charge in [-0.3, -0.25) is 13.9 Å². The molecule has 1 saturated carbocycles. The summed E-state index contributed by atoms with van der Waals surface area (Å²) < 4.78 is 29.3. The van der Waals surface area contributed by atoms with Crippen molar-refractivity contribution < 1.29 is 18.0 Å².